The molecule has 0 aromatic heterocycles. The second-order valence-corrected chi connectivity index (χ2v) is 6.32. The first kappa shape index (κ1) is 15.1. The van der Waals surface area contributed by atoms with Crippen molar-refractivity contribution in [3.8, 4) is 0 Å². The number of amides is 1. The van der Waals surface area contributed by atoms with E-state index in [1.54, 1.807) is 12.0 Å². The van der Waals surface area contributed by atoms with E-state index in [4.69, 9.17) is 14.2 Å². The average molecular weight is 298 g/mol. The number of rotatable bonds is 4. The van der Waals surface area contributed by atoms with Gasteiger partial charge in [-0.25, -0.2) is 4.79 Å². The molecule has 120 valence electrons. The molecule has 1 unspecified atom stereocenters. The summed E-state index contributed by atoms with van der Waals surface area (Å²) in [5.41, 5.74) is 0.199. The second kappa shape index (κ2) is 6.50. The van der Waals surface area contributed by atoms with Crippen molar-refractivity contribution in [2.24, 2.45) is 0 Å². The van der Waals surface area contributed by atoms with Crippen LogP contribution >= 0.6 is 0 Å². The van der Waals surface area contributed by atoms with E-state index in [9.17, 15) is 4.79 Å². The number of nitrogens with zero attached hydrogens (tertiary/aromatic N) is 2. The van der Waals surface area contributed by atoms with Crippen LogP contribution < -0.4 is 0 Å². The lowest BCUT2D eigenvalue weighted by molar-refractivity contribution is 0.00904. The number of hydrogen-bond donors (Lipinski definition) is 0. The highest BCUT2D eigenvalue weighted by atomic mass is 16.6. The lowest BCUT2D eigenvalue weighted by Crippen LogP contribution is -2.48. The van der Waals surface area contributed by atoms with Crippen LogP contribution in [-0.2, 0) is 14.2 Å². The molecule has 0 N–H and O–H groups in total. The first-order valence-electron chi connectivity index (χ1n) is 8.00. The molecular formula is C15H26N2O4. The minimum Gasteiger partial charge on any atom is -0.448 e. The molecule has 3 fully saturated rings. The molecule has 3 heterocycles. The Morgan fingerprint density at radius 3 is 2.86 bits per heavy atom. The molecule has 3 aliphatic heterocycles. The topological polar surface area (TPSA) is 51.2 Å². The van der Waals surface area contributed by atoms with Gasteiger partial charge in [0, 0.05) is 31.8 Å². The number of methoxy groups -OCH3 is 1. The summed E-state index contributed by atoms with van der Waals surface area (Å²) < 4.78 is 16.2. The van der Waals surface area contributed by atoms with E-state index in [0.717, 1.165) is 26.0 Å². The molecule has 3 rings (SSSR count). The van der Waals surface area contributed by atoms with Crippen LogP contribution in [0.15, 0.2) is 0 Å². The van der Waals surface area contributed by atoms with Crippen molar-refractivity contribution in [1.29, 1.82) is 0 Å². The molecular weight excluding hydrogens is 272 g/mol. The molecule has 0 bridgehead atoms. The molecule has 2 atom stereocenters. The van der Waals surface area contributed by atoms with E-state index >= 15 is 0 Å². The van der Waals surface area contributed by atoms with Crippen molar-refractivity contribution in [1.82, 2.24) is 9.80 Å². The van der Waals surface area contributed by atoms with E-state index < -0.39 is 0 Å². The van der Waals surface area contributed by atoms with Crippen molar-refractivity contribution >= 4 is 6.09 Å². The monoisotopic (exact) mass is 298 g/mol. The third-order valence-electron chi connectivity index (χ3n) is 5.12. The molecule has 3 saturated heterocycles. The van der Waals surface area contributed by atoms with E-state index in [0.29, 0.717) is 39.0 Å². The predicted octanol–water partition coefficient (Wildman–Crippen LogP) is 1.10. The summed E-state index contributed by atoms with van der Waals surface area (Å²) in [6.45, 7) is 4.90. The van der Waals surface area contributed by atoms with Crippen LogP contribution in [0.2, 0.25) is 0 Å². The lowest BCUT2D eigenvalue weighted by atomic mass is 9.95. The van der Waals surface area contributed by atoms with Crippen LogP contribution in [-0.4, -0.2) is 80.6 Å². The Bertz CT molecular complexity index is 373. The quantitative estimate of drug-likeness (QED) is 0.778. The van der Waals surface area contributed by atoms with Crippen molar-refractivity contribution in [2.45, 2.75) is 37.3 Å². The van der Waals surface area contributed by atoms with Gasteiger partial charge in [0.05, 0.1) is 19.8 Å². The molecule has 0 aromatic rings. The normalized spacial score (nSPS) is 33.2. The number of fused-ring (bicyclic) bond motifs is 1. The van der Waals surface area contributed by atoms with Crippen LogP contribution in [0.5, 0.6) is 0 Å². The third kappa shape index (κ3) is 3.03. The summed E-state index contributed by atoms with van der Waals surface area (Å²) in [7, 11) is 1.77. The van der Waals surface area contributed by atoms with E-state index in [2.05, 4.69) is 4.90 Å². The first-order chi connectivity index (χ1) is 10.2. The summed E-state index contributed by atoms with van der Waals surface area (Å²) in [5, 5.41) is 0. The molecule has 21 heavy (non-hydrogen) atoms. The maximum Gasteiger partial charge on any atom is 0.409 e. The summed E-state index contributed by atoms with van der Waals surface area (Å²) in [6.07, 6.45) is 4.48. The lowest BCUT2D eigenvalue weighted by Gasteiger charge is -2.34. The highest BCUT2D eigenvalue weighted by molar-refractivity contribution is 5.67. The standard InChI is InChI=1S/C15H26N2O4/c1-19-12-15-4-2-6-17(15)13(3-5-15)11-21-14(18)16-7-9-20-10-8-16/h13H,2-12H2,1H3/t13-,15?/m1/s1. The number of carbonyl (C=O) groups excluding carboxylic acids is 1. The Kier molecular flexibility index (Phi) is 4.66. The minimum absolute atomic E-state index is 0.193. The number of ether oxygens (including phenoxy) is 3. The Morgan fingerprint density at radius 2 is 2.10 bits per heavy atom. The fourth-order valence-electron chi connectivity index (χ4n) is 4.06. The van der Waals surface area contributed by atoms with Gasteiger partial charge < -0.3 is 19.1 Å². The zero-order chi connectivity index (χ0) is 14.7. The zero-order valence-corrected chi connectivity index (χ0v) is 12.9. The van der Waals surface area contributed by atoms with Gasteiger partial charge in [0.15, 0.2) is 0 Å². The molecule has 6 heteroatoms. The van der Waals surface area contributed by atoms with E-state index in [1.165, 1.54) is 12.8 Å². The fourth-order valence-corrected chi connectivity index (χ4v) is 4.06. The van der Waals surface area contributed by atoms with Crippen LogP contribution in [0, 0.1) is 0 Å². The third-order valence-corrected chi connectivity index (χ3v) is 5.12. The van der Waals surface area contributed by atoms with E-state index in [1.807, 2.05) is 0 Å². The van der Waals surface area contributed by atoms with Gasteiger partial charge in [0.1, 0.15) is 6.61 Å². The minimum atomic E-state index is -0.193. The predicted molar refractivity (Wildman–Crippen MR) is 77.3 cm³/mol. The molecule has 0 spiro atoms. The SMILES string of the molecule is COCC12CCCN1[C@@H](COC(=O)N1CCOCC1)CC2. The smallest absolute Gasteiger partial charge is 0.409 e. The van der Waals surface area contributed by atoms with Crippen molar-refractivity contribution in [3.63, 3.8) is 0 Å². The summed E-state index contributed by atoms with van der Waals surface area (Å²) in [4.78, 5) is 16.3. The molecule has 6 nitrogen and oxygen atoms in total. The van der Waals surface area contributed by atoms with Gasteiger partial charge in [-0.2, -0.15) is 0 Å². The maximum absolute atomic E-state index is 12.1. The molecule has 1 amide bonds. The van der Waals surface area contributed by atoms with Gasteiger partial charge >= 0.3 is 6.09 Å². The van der Waals surface area contributed by atoms with Crippen LogP contribution in [0.3, 0.4) is 0 Å². The Morgan fingerprint density at radius 1 is 1.29 bits per heavy atom. The highest BCUT2D eigenvalue weighted by Crippen LogP contribution is 2.42. The van der Waals surface area contributed by atoms with Crippen molar-refractivity contribution in [2.75, 3.05) is 53.2 Å². The Labute approximate surface area is 126 Å². The largest absolute Gasteiger partial charge is 0.448 e. The van der Waals surface area contributed by atoms with Gasteiger partial charge in [-0.05, 0) is 32.2 Å². The van der Waals surface area contributed by atoms with Crippen LogP contribution in [0.25, 0.3) is 0 Å². The number of morpholine rings is 1. The van der Waals surface area contributed by atoms with Gasteiger partial charge in [0.2, 0.25) is 0 Å². The summed E-state index contributed by atoms with van der Waals surface area (Å²) in [5.74, 6) is 0. The van der Waals surface area contributed by atoms with Gasteiger partial charge in [-0.1, -0.05) is 0 Å². The first-order valence-corrected chi connectivity index (χ1v) is 8.00. The van der Waals surface area contributed by atoms with Crippen molar-refractivity contribution in [3.05, 3.63) is 0 Å². The molecule has 0 radical (unpaired) electrons. The van der Waals surface area contributed by atoms with Gasteiger partial charge in [0.25, 0.3) is 0 Å². The molecule has 0 aromatic carbocycles. The highest BCUT2D eigenvalue weighted by Gasteiger charge is 2.49. The van der Waals surface area contributed by atoms with Gasteiger partial charge in [-0.15, -0.1) is 0 Å². The Hall–Kier alpha value is -0.850. The van der Waals surface area contributed by atoms with Gasteiger partial charge in [-0.3, -0.25) is 4.90 Å². The average Bonchev–Trinajstić information content (AvgIpc) is 3.05. The van der Waals surface area contributed by atoms with Crippen LogP contribution in [0.4, 0.5) is 4.79 Å². The Balaban J connectivity index is 1.50. The van der Waals surface area contributed by atoms with E-state index in [-0.39, 0.29) is 11.6 Å². The number of carbonyl (C=O) groups is 1. The zero-order valence-electron chi connectivity index (χ0n) is 12.9. The fraction of sp³-hybridized carbons (Fsp3) is 0.933. The molecule has 0 aliphatic carbocycles. The molecule has 0 saturated carbocycles. The summed E-state index contributed by atoms with van der Waals surface area (Å²) >= 11 is 0. The van der Waals surface area contributed by atoms with Crippen LogP contribution in [0.1, 0.15) is 25.7 Å². The molecule has 3 aliphatic rings. The van der Waals surface area contributed by atoms with Crippen molar-refractivity contribution < 1.29 is 19.0 Å². The second-order valence-electron chi connectivity index (χ2n) is 6.32. The maximum atomic E-state index is 12.1. The number of hydrogen-bond acceptors (Lipinski definition) is 5. The summed E-state index contributed by atoms with van der Waals surface area (Å²) in [6, 6.07) is 0.354.